The highest BCUT2D eigenvalue weighted by atomic mass is 16.5. The number of aryl methyl sites for hydroxylation is 1. The number of aromatic nitrogens is 4. The lowest BCUT2D eigenvalue weighted by atomic mass is 9.93. The van der Waals surface area contributed by atoms with Gasteiger partial charge >= 0.3 is 5.97 Å². The number of fused-ring (bicyclic) bond motifs is 1. The number of carbonyl (C=O) groups is 1. The molecule has 0 aromatic carbocycles. The summed E-state index contributed by atoms with van der Waals surface area (Å²) in [5.41, 5.74) is 1.95. The first-order valence-electron chi connectivity index (χ1n) is 12.2. The average Bonchev–Trinajstić information content (AvgIpc) is 2.90. The Kier molecular flexibility index (Phi) is 7.26. The van der Waals surface area contributed by atoms with Crippen LogP contribution >= 0.6 is 0 Å². The summed E-state index contributed by atoms with van der Waals surface area (Å²) in [7, 11) is 0. The van der Waals surface area contributed by atoms with E-state index in [1.54, 1.807) is 0 Å². The van der Waals surface area contributed by atoms with Crippen molar-refractivity contribution in [1.29, 1.82) is 0 Å². The number of rotatable bonds is 8. The van der Waals surface area contributed by atoms with Gasteiger partial charge < -0.3 is 29.5 Å². The minimum absolute atomic E-state index is 0.0620. The summed E-state index contributed by atoms with van der Waals surface area (Å²) in [5.74, 6) is 1.29. The van der Waals surface area contributed by atoms with Crippen LogP contribution in [-0.2, 0) is 9.53 Å². The van der Waals surface area contributed by atoms with Crippen molar-refractivity contribution >= 4 is 28.6 Å². The molecule has 11 nitrogen and oxygen atoms in total. The largest absolute Gasteiger partial charge is 0.479 e. The van der Waals surface area contributed by atoms with Crippen LogP contribution in [-0.4, -0.2) is 76.1 Å². The Bertz CT molecular complexity index is 1190. The second kappa shape index (κ2) is 10.9. The van der Waals surface area contributed by atoms with Gasteiger partial charge in [-0.1, -0.05) is 0 Å². The van der Waals surface area contributed by atoms with Gasteiger partial charge in [-0.2, -0.15) is 4.98 Å². The van der Waals surface area contributed by atoms with Crippen molar-refractivity contribution < 1.29 is 24.1 Å². The molecule has 0 amide bonds. The van der Waals surface area contributed by atoms with Crippen LogP contribution in [0.4, 0.5) is 11.8 Å². The lowest BCUT2D eigenvalue weighted by molar-refractivity contribution is -0.139. The van der Waals surface area contributed by atoms with Gasteiger partial charge in [0, 0.05) is 31.4 Å². The molecule has 2 aliphatic rings. The van der Waals surface area contributed by atoms with Crippen LogP contribution in [0, 0.1) is 6.92 Å². The third-order valence-electron chi connectivity index (χ3n) is 6.38. The molecule has 4 heterocycles. The number of morpholine rings is 1. The van der Waals surface area contributed by atoms with Gasteiger partial charge in [-0.25, -0.2) is 14.8 Å². The zero-order chi connectivity index (χ0) is 24.9. The summed E-state index contributed by atoms with van der Waals surface area (Å²) in [6.07, 6.45) is 8.45. The van der Waals surface area contributed by atoms with Crippen LogP contribution in [0.3, 0.4) is 0 Å². The van der Waals surface area contributed by atoms with E-state index in [9.17, 15) is 4.79 Å². The Labute approximate surface area is 208 Å². The van der Waals surface area contributed by atoms with Crippen molar-refractivity contribution in [1.82, 2.24) is 19.9 Å². The molecule has 1 aliphatic carbocycles. The number of carboxylic acids is 1. The Balaban J connectivity index is 1.22. The molecule has 0 spiro atoms. The maximum absolute atomic E-state index is 10.6. The SMILES string of the molecule is Cc1cnc2cc(N3CCOCC3)nc(OC3CCC(Nc4ncc(OCC(=O)O)cn4)CC3)c2c1. The molecule has 1 aliphatic heterocycles. The molecule has 190 valence electrons. The predicted molar refractivity (Wildman–Crippen MR) is 133 cm³/mol. The van der Waals surface area contributed by atoms with Crippen LogP contribution in [0.15, 0.2) is 30.7 Å². The highest BCUT2D eigenvalue weighted by molar-refractivity contribution is 5.86. The fraction of sp³-hybridized carbons (Fsp3) is 0.480. The van der Waals surface area contributed by atoms with Gasteiger partial charge in [-0.05, 0) is 44.2 Å². The summed E-state index contributed by atoms with van der Waals surface area (Å²) in [6, 6.07) is 4.34. The van der Waals surface area contributed by atoms with E-state index >= 15 is 0 Å². The smallest absolute Gasteiger partial charge is 0.341 e. The van der Waals surface area contributed by atoms with Crippen molar-refractivity contribution in [3.63, 3.8) is 0 Å². The number of aliphatic carboxylic acids is 1. The second-order valence-electron chi connectivity index (χ2n) is 9.12. The Morgan fingerprint density at radius 3 is 2.58 bits per heavy atom. The molecular formula is C25H30N6O5. The molecule has 2 fully saturated rings. The van der Waals surface area contributed by atoms with Crippen molar-refractivity contribution in [2.45, 2.75) is 44.8 Å². The second-order valence-corrected chi connectivity index (χ2v) is 9.12. The predicted octanol–water partition coefficient (Wildman–Crippen LogP) is 2.83. The number of carboxylic acid groups (broad SMARTS) is 1. The molecule has 0 radical (unpaired) electrons. The molecule has 36 heavy (non-hydrogen) atoms. The van der Waals surface area contributed by atoms with Crippen LogP contribution in [0.25, 0.3) is 10.9 Å². The zero-order valence-corrected chi connectivity index (χ0v) is 20.2. The molecule has 11 heteroatoms. The topological polar surface area (TPSA) is 132 Å². The van der Waals surface area contributed by atoms with Gasteiger partial charge in [-0.3, -0.25) is 4.98 Å². The van der Waals surface area contributed by atoms with E-state index < -0.39 is 12.6 Å². The quantitative estimate of drug-likeness (QED) is 0.479. The normalized spacial score (nSPS) is 20.2. The number of ether oxygens (including phenoxy) is 3. The first-order valence-corrected chi connectivity index (χ1v) is 12.2. The summed E-state index contributed by atoms with van der Waals surface area (Å²) < 4.78 is 17.1. The maximum Gasteiger partial charge on any atom is 0.341 e. The standard InChI is InChI=1S/C25H30N6O5/c1-16-10-20-21(26-12-16)11-22(31-6-8-34-9-7-31)30-24(20)36-18-4-2-17(3-5-18)29-25-27-13-19(14-28-25)35-15-23(32)33/h10-14,17-18H,2-9,15H2,1H3,(H,32,33)(H,27,28,29). The number of nitrogens with one attached hydrogen (secondary N) is 1. The Morgan fingerprint density at radius 1 is 1.11 bits per heavy atom. The molecule has 3 aromatic rings. The minimum Gasteiger partial charge on any atom is -0.479 e. The van der Waals surface area contributed by atoms with Crippen LogP contribution < -0.4 is 19.7 Å². The van der Waals surface area contributed by atoms with Gasteiger partial charge in [0.05, 0.1) is 36.5 Å². The number of anilines is 2. The lowest BCUT2D eigenvalue weighted by Crippen LogP contribution is -2.37. The molecular weight excluding hydrogens is 464 g/mol. The first-order chi connectivity index (χ1) is 17.5. The fourth-order valence-electron chi connectivity index (χ4n) is 4.51. The minimum atomic E-state index is -1.04. The number of hydrogen-bond acceptors (Lipinski definition) is 10. The average molecular weight is 495 g/mol. The molecule has 0 bridgehead atoms. The van der Waals surface area contributed by atoms with Crippen LogP contribution in [0.5, 0.6) is 11.6 Å². The number of pyridine rings is 2. The lowest BCUT2D eigenvalue weighted by Gasteiger charge is -2.31. The van der Waals surface area contributed by atoms with Gasteiger partial charge in [0.2, 0.25) is 11.8 Å². The molecule has 0 atom stereocenters. The summed E-state index contributed by atoms with van der Waals surface area (Å²) in [6.45, 7) is 4.59. The Hall–Kier alpha value is -3.73. The molecule has 5 rings (SSSR count). The monoisotopic (exact) mass is 494 g/mol. The van der Waals surface area contributed by atoms with E-state index in [1.165, 1.54) is 12.4 Å². The van der Waals surface area contributed by atoms with E-state index in [0.29, 0.717) is 30.8 Å². The third kappa shape index (κ3) is 5.91. The molecule has 1 saturated carbocycles. The highest BCUT2D eigenvalue weighted by Crippen LogP contribution is 2.32. The maximum atomic E-state index is 10.6. The molecule has 0 unspecified atom stereocenters. The van der Waals surface area contributed by atoms with Crippen molar-refractivity contribution in [3.05, 3.63) is 36.3 Å². The zero-order valence-electron chi connectivity index (χ0n) is 20.2. The number of hydrogen-bond donors (Lipinski definition) is 2. The van der Waals surface area contributed by atoms with Gasteiger partial charge in [-0.15, -0.1) is 0 Å². The van der Waals surface area contributed by atoms with Crippen molar-refractivity contribution in [2.24, 2.45) is 0 Å². The summed E-state index contributed by atoms with van der Waals surface area (Å²) >= 11 is 0. The van der Waals surface area contributed by atoms with E-state index in [1.807, 2.05) is 19.2 Å². The highest BCUT2D eigenvalue weighted by Gasteiger charge is 2.25. The van der Waals surface area contributed by atoms with Crippen LogP contribution in [0.2, 0.25) is 0 Å². The van der Waals surface area contributed by atoms with Crippen LogP contribution in [0.1, 0.15) is 31.2 Å². The third-order valence-corrected chi connectivity index (χ3v) is 6.38. The fourth-order valence-corrected chi connectivity index (χ4v) is 4.51. The van der Waals surface area contributed by atoms with Gasteiger partial charge in [0.1, 0.15) is 11.9 Å². The van der Waals surface area contributed by atoms with Gasteiger partial charge in [0.15, 0.2) is 12.4 Å². The van der Waals surface area contributed by atoms with Gasteiger partial charge in [0.25, 0.3) is 0 Å². The summed E-state index contributed by atoms with van der Waals surface area (Å²) in [4.78, 5) is 30.8. The Morgan fingerprint density at radius 2 is 1.86 bits per heavy atom. The van der Waals surface area contributed by atoms with E-state index in [4.69, 9.17) is 24.3 Å². The molecule has 1 saturated heterocycles. The van der Waals surface area contributed by atoms with E-state index in [2.05, 4.69) is 31.2 Å². The van der Waals surface area contributed by atoms with Crippen molar-refractivity contribution in [3.8, 4) is 11.6 Å². The molecule has 3 aromatic heterocycles. The first kappa shape index (κ1) is 24.0. The molecule has 2 N–H and O–H groups in total. The van der Waals surface area contributed by atoms with E-state index in [0.717, 1.165) is 61.1 Å². The van der Waals surface area contributed by atoms with E-state index in [-0.39, 0.29) is 12.1 Å². The van der Waals surface area contributed by atoms with Crippen molar-refractivity contribution in [2.75, 3.05) is 43.1 Å². The number of nitrogens with zero attached hydrogens (tertiary/aromatic N) is 5. The summed E-state index contributed by atoms with van der Waals surface area (Å²) in [5, 5.41) is 13.0.